The van der Waals surface area contributed by atoms with Gasteiger partial charge in [0.05, 0.1) is 25.5 Å². The first kappa shape index (κ1) is 12.2. The van der Waals surface area contributed by atoms with Gasteiger partial charge in [-0.25, -0.2) is 0 Å². The third-order valence-electron chi connectivity index (χ3n) is 2.18. The highest BCUT2D eigenvalue weighted by molar-refractivity contribution is 5.03. The number of aromatic nitrogens is 2. The van der Waals surface area contributed by atoms with Crippen molar-refractivity contribution in [2.24, 2.45) is 0 Å². The van der Waals surface area contributed by atoms with Crippen molar-refractivity contribution in [1.82, 2.24) is 15.1 Å². The largest absolute Gasteiger partial charge is 0.394 e. The molecule has 0 saturated heterocycles. The number of aliphatic hydroxyl groups is 1. The van der Waals surface area contributed by atoms with Crippen LogP contribution in [-0.4, -0.2) is 41.3 Å². The SMILES string of the molecule is COC(C)CNCc1cnn(CCO)c1. The van der Waals surface area contributed by atoms with Crippen LogP contribution in [0.25, 0.3) is 0 Å². The van der Waals surface area contributed by atoms with Gasteiger partial charge in [0.25, 0.3) is 0 Å². The van der Waals surface area contributed by atoms with E-state index >= 15 is 0 Å². The third kappa shape index (κ3) is 4.42. The van der Waals surface area contributed by atoms with E-state index in [0.717, 1.165) is 18.7 Å². The minimum absolute atomic E-state index is 0.120. The number of rotatable bonds is 7. The molecule has 0 aliphatic carbocycles. The van der Waals surface area contributed by atoms with Gasteiger partial charge >= 0.3 is 0 Å². The predicted octanol–water partition coefficient (Wildman–Crippen LogP) is -0.000100. The van der Waals surface area contributed by atoms with Gasteiger partial charge < -0.3 is 15.2 Å². The lowest BCUT2D eigenvalue weighted by Gasteiger charge is -2.09. The molecule has 0 aromatic carbocycles. The molecule has 0 fully saturated rings. The number of hydrogen-bond acceptors (Lipinski definition) is 4. The predicted molar refractivity (Wildman–Crippen MR) is 57.5 cm³/mol. The Hall–Kier alpha value is -0.910. The number of ether oxygens (including phenoxy) is 1. The number of methoxy groups -OCH3 is 1. The fourth-order valence-electron chi connectivity index (χ4n) is 1.23. The average molecular weight is 213 g/mol. The van der Waals surface area contributed by atoms with Crippen molar-refractivity contribution in [2.75, 3.05) is 20.3 Å². The van der Waals surface area contributed by atoms with Crippen molar-refractivity contribution < 1.29 is 9.84 Å². The van der Waals surface area contributed by atoms with E-state index in [1.807, 2.05) is 13.1 Å². The van der Waals surface area contributed by atoms with E-state index < -0.39 is 0 Å². The summed E-state index contributed by atoms with van der Waals surface area (Å²) in [6.45, 7) is 4.28. The first-order valence-corrected chi connectivity index (χ1v) is 5.12. The van der Waals surface area contributed by atoms with Crippen molar-refractivity contribution in [3.05, 3.63) is 18.0 Å². The van der Waals surface area contributed by atoms with Crippen LogP contribution in [0.3, 0.4) is 0 Å². The molecule has 0 aliphatic rings. The Balaban J connectivity index is 2.25. The maximum atomic E-state index is 8.72. The van der Waals surface area contributed by atoms with Gasteiger partial charge in [0, 0.05) is 32.0 Å². The fourth-order valence-corrected chi connectivity index (χ4v) is 1.23. The summed E-state index contributed by atoms with van der Waals surface area (Å²) in [5, 5.41) is 16.1. The molecule has 1 atom stereocenters. The van der Waals surface area contributed by atoms with E-state index in [1.54, 1.807) is 18.0 Å². The molecule has 1 aromatic rings. The highest BCUT2D eigenvalue weighted by Gasteiger charge is 2.00. The van der Waals surface area contributed by atoms with Crippen LogP contribution in [0, 0.1) is 0 Å². The standard InChI is InChI=1S/C10H19N3O2/c1-9(15-2)5-11-6-10-7-12-13(8-10)3-4-14/h7-9,11,14H,3-6H2,1-2H3. The normalized spacial score (nSPS) is 13.0. The second-order valence-electron chi connectivity index (χ2n) is 3.51. The molecule has 0 spiro atoms. The summed E-state index contributed by atoms with van der Waals surface area (Å²) in [5.74, 6) is 0. The highest BCUT2D eigenvalue weighted by Crippen LogP contribution is 1.97. The lowest BCUT2D eigenvalue weighted by molar-refractivity contribution is 0.117. The van der Waals surface area contributed by atoms with Gasteiger partial charge in [-0.3, -0.25) is 4.68 Å². The molecule has 1 rings (SSSR count). The van der Waals surface area contributed by atoms with Crippen molar-refractivity contribution in [2.45, 2.75) is 26.1 Å². The number of nitrogens with one attached hydrogen (secondary N) is 1. The maximum absolute atomic E-state index is 8.72. The van der Waals surface area contributed by atoms with Crippen LogP contribution in [-0.2, 0) is 17.8 Å². The number of hydrogen-bond donors (Lipinski definition) is 2. The molecular formula is C10H19N3O2. The minimum Gasteiger partial charge on any atom is -0.394 e. The van der Waals surface area contributed by atoms with Gasteiger partial charge in [0.1, 0.15) is 0 Å². The monoisotopic (exact) mass is 213 g/mol. The molecular weight excluding hydrogens is 194 g/mol. The Labute approximate surface area is 90.1 Å². The molecule has 5 nitrogen and oxygen atoms in total. The Kier molecular flexibility index (Phi) is 5.31. The molecule has 1 unspecified atom stereocenters. The summed E-state index contributed by atoms with van der Waals surface area (Å²) in [4.78, 5) is 0. The van der Waals surface area contributed by atoms with Gasteiger partial charge in [0.2, 0.25) is 0 Å². The second-order valence-corrected chi connectivity index (χ2v) is 3.51. The lowest BCUT2D eigenvalue weighted by Crippen LogP contribution is -2.25. The van der Waals surface area contributed by atoms with Crippen LogP contribution in [0.1, 0.15) is 12.5 Å². The molecule has 5 heteroatoms. The topological polar surface area (TPSA) is 59.3 Å². The Morgan fingerprint density at radius 3 is 3.13 bits per heavy atom. The number of nitrogens with zero attached hydrogens (tertiary/aromatic N) is 2. The van der Waals surface area contributed by atoms with Crippen LogP contribution >= 0.6 is 0 Å². The van der Waals surface area contributed by atoms with E-state index in [2.05, 4.69) is 10.4 Å². The summed E-state index contributed by atoms with van der Waals surface area (Å²) < 4.78 is 6.85. The van der Waals surface area contributed by atoms with Crippen LogP contribution in [0.2, 0.25) is 0 Å². The Morgan fingerprint density at radius 2 is 2.47 bits per heavy atom. The maximum Gasteiger partial charge on any atom is 0.0667 e. The van der Waals surface area contributed by atoms with E-state index in [1.165, 1.54) is 0 Å². The zero-order chi connectivity index (χ0) is 11.1. The Morgan fingerprint density at radius 1 is 1.67 bits per heavy atom. The molecule has 0 bridgehead atoms. The molecule has 0 amide bonds. The van der Waals surface area contributed by atoms with E-state index in [-0.39, 0.29) is 12.7 Å². The van der Waals surface area contributed by atoms with Gasteiger partial charge in [-0.1, -0.05) is 0 Å². The molecule has 0 saturated carbocycles. The zero-order valence-corrected chi connectivity index (χ0v) is 9.31. The van der Waals surface area contributed by atoms with Crippen molar-refractivity contribution in [1.29, 1.82) is 0 Å². The first-order chi connectivity index (χ1) is 7.26. The average Bonchev–Trinajstić information content (AvgIpc) is 2.66. The summed E-state index contributed by atoms with van der Waals surface area (Å²) in [6.07, 6.45) is 3.96. The second kappa shape index (κ2) is 6.55. The quantitative estimate of drug-likeness (QED) is 0.669. The molecule has 1 aromatic heterocycles. The zero-order valence-electron chi connectivity index (χ0n) is 9.31. The van der Waals surface area contributed by atoms with Gasteiger partial charge in [-0.15, -0.1) is 0 Å². The first-order valence-electron chi connectivity index (χ1n) is 5.12. The van der Waals surface area contributed by atoms with E-state index in [9.17, 15) is 0 Å². The molecule has 2 N–H and O–H groups in total. The van der Waals surface area contributed by atoms with Crippen LogP contribution in [0.15, 0.2) is 12.4 Å². The molecule has 1 heterocycles. The summed E-state index contributed by atoms with van der Waals surface area (Å²) in [5.41, 5.74) is 1.12. The van der Waals surface area contributed by atoms with Gasteiger partial charge in [-0.2, -0.15) is 5.10 Å². The van der Waals surface area contributed by atoms with Crippen molar-refractivity contribution >= 4 is 0 Å². The van der Waals surface area contributed by atoms with Crippen molar-refractivity contribution in [3.63, 3.8) is 0 Å². The van der Waals surface area contributed by atoms with Gasteiger partial charge in [0.15, 0.2) is 0 Å². The van der Waals surface area contributed by atoms with Crippen LogP contribution in [0.4, 0.5) is 0 Å². The minimum atomic E-state index is 0.120. The number of aliphatic hydroxyl groups excluding tert-OH is 1. The van der Waals surface area contributed by atoms with Crippen LogP contribution < -0.4 is 5.32 Å². The lowest BCUT2D eigenvalue weighted by atomic mass is 10.3. The summed E-state index contributed by atoms with van der Waals surface area (Å²) in [6, 6.07) is 0. The highest BCUT2D eigenvalue weighted by atomic mass is 16.5. The fraction of sp³-hybridized carbons (Fsp3) is 0.700. The smallest absolute Gasteiger partial charge is 0.0667 e. The van der Waals surface area contributed by atoms with Crippen LogP contribution in [0.5, 0.6) is 0 Å². The Bertz CT molecular complexity index is 275. The summed E-state index contributed by atoms with van der Waals surface area (Å²) in [7, 11) is 1.70. The van der Waals surface area contributed by atoms with Crippen molar-refractivity contribution in [3.8, 4) is 0 Å². The molecule has 15 heavy (non-hydrogen) atoms. The molecule has 0 aliphatic heterocycles. The molecule has 86 valence electrons. The third-order valence-corrected chi connectivity index (χ3v) is 2.18. The van der Waals surface area contributed by atoms with Gasteiger partial charge in [-0.05, 0) is 6.92 Å². The summed E-state index contributed by atoms with van der Waals surface area (Å²) >= 11 is 0. The van der Waals surface area contributed by atoms with E-state index in [0.29, 0.717) is 6.54 Å². The molecule has 0 radical (unpaired) electrons. The van der Waals surface area contributed by atoms with E-state index in [4.69, 9.17) is 9.84 Å².